The first-order valence-corrected chi connectivity index (χ1v) is 13.7. The molecule has 1 atom stereocenters. The Labute approximate surface area is 230 Å². The molecule has 8 heteroatoms. The average molecular weight is 534 g/mol. The van der Waals surface area contributed by atoms with Gasteiger partial charge in [-0.15, -0.1) is 0 Å². The quantitative estimate of drug-likeness (QED) is 0.262. The van der Waals surface area contributed by atoms with Crippen molar-refractivity contribution >= 4 is 23.4 Å². The lowest BCUT2D eigenvalue weighted by Crippen LogP contribution is -2.60. The number of anilines is 1. The molecule has 0 amide bonds. The number of hydrogen-bond donors (Lipinski definition) is 0. The molecule has 8 nitrogen and oxygen atoms in total. The summed E-state index contributed by atoms with van der Waals surface area (Å²) in [4.78, 5) is 28.6. The summed E-state index contributed by atoms with van der Waals surface area (Å²) in [6.07, 6.45) is 5.53. The number of ether oxygens (including phenoxy) is 2. The van der Waals surface area contributed by atoms with Crippen LogP contribution >= 0.6 is 0 Å². The van der Waals surface area contributed by atoms with Gasteiger partial charge in [-0.3, -0.25) is 19.8 Å². The van der Waals surface area contributed by atoms with Gasteiger partial charge in [-0.05, 0) is 78.4 Å². The van der Waals surface area contributed by atoms with Gasteiger partial charge in [0.25, 0.3) is 5.69 Å². The maximum atomic E-state index is 13.2. The number of piperidine rings is 1. The summed E-state index contributed by atoms with van der Waals surface area (Å²) in [7, 11) is 2.14. The van der Waals surface area contributed by atoms with Gasteiger partial charge < -0.3 is 14.4 Å². The lowest BCUT2D eigenvalue weighted by molar-refractivity contribution is -0.384. The Hall–Kier alpha value is -3.39. The molecular formula is C31H39N3O5. The number of hydrogen-bond acceptors (Lipinski definition) is 7. The van der Waals surface area contributed by atoms with Crippen LogP contribution in [-0.2, 0) is 14.9 Å². The zero-order valence-corrected chi connectivity index (χ0v) is 24.0. The number of nitro benzene ring substituents is 1. The number of non-ortho nitro benzene ring substituents is 1. The van der Waals surface area contributed by atoms with Crippen molar-refractivity contribution in [1.82, 2.24) is 4.90 Å². The summed E-state index contributed by atoms with van der Waals surface area (Å²) in [6, 6.07) is 12.8. The summed E-state index contributed by atoms with van der Waals surface area (Å²) in [5.41, 5.74) is 1.29. The highest BCUT2D eigenvalue weighted by Gasteiger charge is 2.58. The van der Waals surface area contributed by atoms with Gasteiger partial charge in [0.15, 0.2) is 0 Å². The van der Waals surface area contributed by atoms with Crippen molar-refractivity contribution in [1.29, 1.82) is 0 Å². The van der Waals surface area contributed by atoms with Gasteiger partial charge in [0.2, 0.25) is 5.72 Å². The molecular weight excluding hydrogens is 494 g/mol. The molecule has 1 saturated heterocycles. The molecule has 0 N–H and O–H groups in total. The Bertz CT molecular complexity index is 1330. The van der Waals surface area contributed by atoms with E-state index in [2.05, 4.69) is 70.5 Å². The number of carbonyl (C=O) groups excluding carboxylic acids is 1. The van der Waals surface area contributed by atoms with Gasteiger partial charge in [0.05, 0.1) is 16.8 Å². The van der Waals surface area contributed by atoms with E-state index in [1.54, 1.807) is 6.07 Å². The standard InChI is InChI=1S/C31H39N3O5/c1-28(2)19-23(20-29(3,4)32(28)7)38-27(35)15-17-33-25-11-9-8-10-24(25)30(5,6)31(33)16-14-21-18-22(34(36)37)12-13-26(21)39-31/h8-14,16,18,23H,15,17,19-20H2,1-7H3. The highest BCUT2D eigenvalue weighted by atomic mass is 16.6. The van der Waals surface area contributed by atoms with Crippen LogP contribution in [0.15, 0.2) is 48.5 Å². The summed E-state index contributed by atoms with van der Waals surface area (Å²) in [6.45, 7) is 13.5. The molecule has 0 bridgehead atoms. The fourth-order valence-electron chi connectivity index (χ4n) is 6.80. The molecule has 0 aromatic heterocycles. The molecule has 3 heterocycles. The second-order valence-corrected chi connectivity index (χ2v) is 12.9. The summed E-state index contributed by atoms with van der Waals surface area (Å²) >= 11 is 0. The van der Waals surface area contributed by atoms with Crippen LogP contribution in [0.1, 0.15) is 71.9 Å². The van der Waals surface area contributed by atoms with Crippen LogP contribution in [0.3, 0.4) is 0 Å². The van der Waals surface area contributed by atoms with Gasteiger partial charge in [0, 0.05) is 53.8 Å². The lowest BCUT2D eigenvalue weighted by atomic mass is 9.76. The van der Waals surface area contributed by atoms with Crippen molar-refractivity contribution in [2.75, 3.05) is 18.5 Å². The van der Waals surface area contributed by atoms with Crippen LogP contribution in [0, 0.1) is 10.1 Å². The first-order chi connectivity index (χ1) is 18.2. The predicted octanol–water partition coefficient (Wildman–Crippen LogP) is 6.08. The van der Waals surface area contributed by atoms with Gasteiger partial charge in [-0.25, -0.2) is 0 Å². The Kier molecular flexibility index (Phi) is 6.33. The van der Waals surface area contributed by atoms with E-state index in [-0.39, 0.29) is 35.3 Å². The second kappa shape index (κ2) is 9.08. The third-order valence-corrected chi connectivity index (χ3v) is 9.23. The number of esters is 1. The number of nitrogens with zero attached hydrogens (tertiary/aromatic N) is 3. The Morgan fingerprint density at radius 3 is 2.41 bits per heavy atom. The van der Waals surface area contributed by atoms with E-state index in [9.17, 15) is 14.9 Å². The van der Waals surface area contributed by atoms with Crippen molar-refractivity contribution in [3.63, 3.8) is 0 Å². The Morgan fingerprint density at radius 1 is 1.08 bits per heavy atom. The van der Waals surface area contributed by atoms with Crippen LogP contribution in [0.5, 0.6) is 5.75 Å². The van der Waals surface area contributed by atoms with E-state index < -0.39 is 16.1 Å². The number of rotatable bonds is 5. The van der Waals surface area contributed by atoms with E-state index in [4.69, 9.17) is 9.47 Å². The fraction of sp³-hybridized carbons (Fsp3) is 0.516. The third-order valence-electron chi connectivity index (χ3n) is 9.23. The maximum Gasteiger partial charge on any atom is 0.307 e. The summed E-state index contributed by atoms with van der Waals surface area (Å²) in [5, 5.41) is 11.3. The molecule has 0 radical (unpaired) electrons. The van der Waals surface area contributed by atoms with Crippen molar-refractivity contribution < 1.29 is 19.2 Å². The van der Waals surface area contributed by atoms with Crippen molar-refractivity contribution in [3.05, 3.63) is 69.8 Å². The zero-order valence-electron chi connectivity index (χ0n) is 24.0. The molecule has 1 spiro atoms. The van der Waals surface area contributed by atoms with Gasteiger partial charge in [0.1, 0.15) is 11.9 Å². The maximum absolute atomic E-state index is 13.2. The fourth-order valence-corrected chi connectivity index (χ4v) is 6.80. The Morgan fingerprint density at radius 2 is 1.74 bits per heavy atom. The first kappa shape index (κ1) is 27.2. The normalized spacial score (nSPS) is 24.6. The van der Waals surface area contributed by atoms with Crippen LogP contribution in [-0.4, -0.2) is 52.3 Å². The number of fused-ring (bicyclic) bond motifs is 2. The minimum Gasteiger partial charge on any atom is -0.463 e. The van der Waals surface area contributed by atoms with E-state index in [1.165, 1.54) is 12.1 Å². The smallest absolute Gasteiger partial charge is 0.307 e. The van der Waals surface area contributed by atoms with Crippen LogP contribution in [0.2, 0.25) is 0 Å². The van der Waals surface area contributed by atoms with E-state index in [1.807, 2.05) is 24.3 Å². The van der Waals surface area contributed by atoms with Crippen molar-refractivity contribution in [2.45, 2.75) is 89.1 Å². The predicted molar refractivity (Wildman–Crippen MR) is 152 cm³/mol. The van der Waals surface area contributed by atoms with Crippen LogP contribution < -0.4 is 9.64 Å². The number of para-hydroxylation sites is 1. The highest BCUT2D eigenvalue weighted by molar-refractivity contribution is 5.75. The van der Waals surface area contributed by atoms with Crippen molar-refractivity contribution in [2.24, 2.45) is 0 Å². The molecule has 1 unspecified atom stereocenters. The lowest BCUT2D eigenvalue weighted by Gasteiger charge is -2.53. The van der Waals surface area contributed by atoms with Gasteiger partial charge in [-0.2, -0.15) is 0 Å². The third kappa shape index (κ3) is 4.39. The summed E-state index contributed by atoms with van der Waals surface area (Å²) < 4.78 is 12.8. The van der Waals surface area contributed by atoms with Crippen molar-refractivity contribution in [3.8, 4) is 5.75 Å². The molecule has 39 heavy (non-hydrogen) atoms. The SMILES string of the molecule is CN1C(C)(C)CC(OC(=O)CCN2c3ccccc3C(C)(C)C23C=Cc2cc([N+](=O)[O-])ccc2O3)CC1(C)C. The topological polar surface area (TPSA) is 85.2 Å². The number of benzene rings is 2. The largest absolute Gasteiger partial charge is 0.463 e. The number of likely N-dealkylation sites (tertiary alicyclic amines) is 1. The summed E-state index contributed by atoms with van der Waals surface area (Å²) in [5.74, 6) is 0.358. The molecule has 2 aromatic carbocycles. The van der Waals surface area contributed by atoms with E-state index in [0.29, 0.717) is 17.9 Å². The monoisotopic (exact) mass is 533 g/mol. The molecule has 0 saturated carbocycles. The molecule has 0 aliphatic carbocycles. The number of nitro groups is 1. The molecule has 3 aliphatic heterocycles. The molecule has 2 aromatic rings. The molecule has 208 valence electrons. The first-order valence-electron chi connectivity index (χ1n) is 13.7. The Balaban J connectivity index is 1.40. The van der Waals surface area contributed by atoms with Crippen LogP contribution in [0.4, 0.5) is 11.4 Å². The minimum atomic E-state index is -0.905. The molecule has 5 rings (SSSR count). The minimum absolute atomic E-state index is 0.0202. The van der Waals surface area contributed by atoms with Gasteiger partial charge in [-0.1, -0.05) is 18.2 Å². The zero-order chi connectivity index (χ0) is 28.4. The molecule has 1 fully saturated rings. The van der Waals surface area contributed by atoms with E-state index >= 15 is 0 Å². The molecule has 3 aliphatic rings. The van der Waals surface area contributed by atoms with E-state index in [0.717, 1.165) is 24.1 Å². The second-order valence-electron chi connectivity index (χ2n) is 12.9. The number of carbonyl (C=O) groups is 1. The average Bonchev–Trinajstić information content (AvgIpc) is 3.03. The van der Waals surface area contributed by atoms with Gasteiger partial charge >= 0.3 is 5.97 Å². The highest BCUT2D eigenvalue weighted by Crippen LogP contribution is 2.55. The van der Waals surface area contributed by atoms with Crippen LogP contribution in [0.25, 0.3) is 6.08 Å².